The third-order valence-electron chi connectivity index (χ3n) is 3.95. The molecular weight excluding hydrogens is 258 g/mol. The Morgan fingerprint density at radius 1 is 1.37 bits per heavy atom. The fourth-order valence-electron chi connectivity index (χ4n) is 2.84. The minimum atomic E-state index is 0.158. The van der Waals surface area contributed by atoms with E-state index in [4.69, 9.17) is 11.6 Å². The molecule has 0 bridgehead atoms. The van der Waals surface area contributed by atoms with Crippen LogP contribution in [0.4, 0.5) is 0 Å². The van der Waals surface area contributed by atoms with E-state index in [1.807, 2.05) is 11.8 Å². The normalized spacial score (nSPS) is 17.9. The van der Waals surface area contributed by atoms with Crippen LogP contribution in [0.3, 0.4) is 0 Å². The Kier molecular flexibility index (Phi) is 5.26. The number of fused-ring (bicyclic) bond motifs is 1. The van der Waals surface area contributed by atoms with E-state index in [0.29, 0.717) is 11.8 Å². The molecule has 0 saturated heterocycles. The van der Waals surface area contributed by atoms with Crippen molar-refractivity contribution >= 4 is 17.5 Å². The molecule has 2 nitrogen and oxygen atoms in total. The van der Waals surface area contributed by atoms with Crippen LogP contribution in [0.2, 0.25) is 0 Å². The van der Waals surface area contributed by atoms with E-state index in [2.05, 4.69) is 24.3 Å². The first-order valence-electron chi connectivity index (χ1n) is 7.17. The molecule has 1 aliphatic rings. The predicted octanol–water partition coefficient (Wildman–Crippen LogP) is 3.27. The van der Waals surface area contributed by atoms with Crippen molar-refractivity contribution in [1.82, 2.24) is 4.90 Å². The van der Waals surface area contributed by atoms with Crippen molar-refractivity contribution in [1.29, 1.82) is 0 Å². The molecule has 19 heavy (non-hydrogen) atoms. The van der Waals surface area contributed by atoms with Gasteiger partial charge in [0.05, 0.1) is 0 Å². The van der Waals surface area contributed by atoms with Gasteiger partial charge in [-0.15, -0.1) is 11.6 Å². The molecule has 0 N–H and O–H groups in total. The van der Waals surface area contributed by atoms with Gasteiger partial charge < -0.3 is 4.90 Å². The quantitative estimate of drug-likeness (QED) is 0.758. The largest absolute Gasteiger partial charge is 0.343 e. The number of hydrogen-bond donors (Lipinski definition) is 0. The minimum absolute atomic E-state index is 0.158. The summed E-state index contributed by atoms with van der Waals surface area (Å²) in [6.07, 6.45) is 3.78. The average Bonchev–Trinajstić information content (AvgIpc) is 2.47. The standard InChI is InChI=1S/C16H22ClNO/c1-2-18(11-5-10-17)16(19)15-9-8-13-6-3-4-7-14(13)12-15/h3-4,6-7,15H,2,5,8-12H2,1H3. The molecule has 1 aliphatic carbocycles. The van der Waals surface area contributed by atoms with Crippen molar-refractivity contribution in [3.05, 3.63) is 35.4 Å². The number of benzene rings is 1. The minimum Gasteiger partial charge on any atom is -0.343 e. The topological polar surface area (TPSA) is 20.3 Å². The van der Waals surface area contributed by atoms with E-state index >= 15 is 0 Å². The van der Waals surface area contributed by atoms with Gasteiger partial charge in [0, 0.05) is 24.9 Å². The van der Waals surface area contributed by atoms with E-state index in [9.17, 15) is 4.79 Å². The SMILES string of the molecule is CCN(CCCCl)C(=O)C1CCc2ccccc2C1. The Hall–Kier alpha value is -1.02. The zero-order chi connectivity index (χ0) is 13.7. The van der Waals surface area contributed by atoms with E-state index in [-0.39, 0.29) is 5.92 Å². The summed E-state index contributed by atoms with van der Waals surface area (Å²) in [7, 11) is 0. The molecule has 3 heteroatoms. The lowest BCUT2D eigenvalue weighted by atomic mass is 9.83. The molecular formula is C16H22ClNO. The summed E-state index contributed by atoms with van der Waals surface area (Å²) in [4.78, 5) is 14.5. The average molecular weight is 280 g/mol. The highest BCUT2D eigenvalue weighted by molar-refractivity contribution is 6.17. The number of halogens is 1. The number of aryl methyl sites for hydroxylation is 1. The third-order valence-corrected chi connectivity index (χ3v) is 4.22. The molecule has 0 heterocycles. The lowest BCUT2D eigenvalue weighted by molar-refractivity contribution is -0.135. The summed E-state index contributed by atoms with van der Waals surface area (Å²) in [5.74, 6) is 1.09. The summed E-state index contributed by atoms with van der Waals surface area (Å²) < 4.78 is 0. The van der Waals surface area contributed by atoms with Crippen molar-refractivity contribution in [2.45, 2.75) is 32.6 Å². The summed E-state index contributed by atoms with van der Waals surface area (Å²) in [6.45, 7) is 3.62. The first-order chi connectivity index (χ1) is 9.26. The smallest absolute Gasteiger partial charge is 0.226 e. The van der Waals surface area contributed by atoms with Gasteiger partial charge in [0.1, 0.15) is 0 Å². The van der Waals surface area contributed by atoms with Gasteiger partial charge in [-0.05, 0) is 43.7 Å². The van der Waals surface area contributed by atoms with Crippen LogP contribution in [-0.4, -0.2) is 29.8 Å². The molecule has 1 amide bonds. The van der Waals surface area contributed by atoms with Gasteiger partial charge in [-0.2, -0.15) is 0 Å². The van der Waals surface area contributed by atoms with E-state index in [1.165, 1.54) is 11.1 Å². The molecule has 104 valence electrons. The van der Waals surface area contributed by atoms with Gasteiger partial charge in [0.2, 0.25) is 5.91 Å². The number of hydrogen-bond acceptors (Lipinski definition) is 1. The molecule has 0 aliphatic heterocycles. The van der Waals surface area contributed by atoms with Crippen LogP contribution in [0.15, 0.2) is 24.3 Å². The maximum Gasteiger partial charge on any atom is 0.226 e. The lowest BCUT2D eigenvalue weighted by Gasteiger charge is -2.29. The third kappa shape index (κ3) is 3.50. The van der Waals surface area contributed by atoms with Gasteiger partial charge in [0.25, 0.3) is 0 Å². The fourth-order valence-corrected chi connectivity index (χ4v) is 2.96. The van der Waals surface area contributed by atoms with Crippen molar-refractivity contribution in [2.75, 3.05) is 19.0 Å². The molecule has 0 spiro atoms. The molecule has 0 aromatic heterocycles. The number of alkyl halides is 1. The molecule has 2 rings (SSSR count). The number of amides is 1. The summed E-state index contributed by atoms with van der Waals surface area (Å²) in [5.41, 5.74) is 2.76. The van der Waals surface area contributed by atoms with Crippen LogP contribution in [-0.2, 0) is 17.6 Å². The molecule has 0 radical (unpaired) electrons. The van der Waals surface area contributed by atoms with E-state index in [0.717, 1.165) is 38.8 Å². The van der Waals surface area contributed by atoms with Crippen molar-refractivity contribution in [2.24, 2.45) is 5.92 Å². The highest BCUT2D eigenvalue weighted by Gasteiger charge is 2.27. The van der Waals surface area contributed by atoms with Gasteiger partial charge in [0.15, 0.2) is 0 Å². The first kappa shape index (κ1) is 14.4. The van der Waals surface area contributed by atoms with Crippen molar-refractivity contribution < 1.29 is 4.79 Å². The highest BCUT2D eigenvalue weighted by atomic mass is 35.5. The van der Waals surface area contributed by atoms with Crippen LogP contribution in [0.5, 0.6) is 0 Å². The lowest BCUT2D eigenvalue weighted by Crippen LogP contribution is -2.39. The summed E-state index contributed by atoms with van der Waals surface area (Å²) in [6, 6.07) is 8.49. The molecule has 1 atom stereocenters. The van der Waals surface area contributed by atoms with Crippen LogP contribution >= 0.6 is 11.6 Å². The Morgan fingerprint density at radius 3 is 2.79 bits per heavy atom. The Balaban J connectivity index is 2.01. The zero-order valence-electron chi connectivity index (χ0n) is 11.6. The Bertz CT molecular complexity index is 433. The van der Waals surface area contributed by atoms with Crippen LogP contribution in [0.25, 0.3) is 0 Å². The monoisotopic (exact) mass is 279 g/mol. The number of nitrogens with zero attached hydrogens (tertiary/aromatic N) is 1. The van der Waals surface area contributed by atoms with Crippen LogP contribution in [0.1, 0.15) is 30.9 Å². The molecule has 0 saturated carbocycles. The number of rotatable bonds is 5. The second kappa shape index (κ2) is 6.95. The maximum atomic E-state index is 12.5. The molecule has 1 unspecified atom stereocenters. The van der Waals surface area contributed by atoms with Gasteiger partial charge in [-0.25, -0.2) is 0 Å². The van der Waals surface area contributed by atoms with Gasteiger partial charge >= 0.3 is 0 Å². The van der Waals surface area contributed by atoms with Crippen LogP contribution < -0.4 is 0 Å². The second-order valence-electron chi connectivity index (χ2n) is 5.17. The summed E-state index contributed by atoms with van der Waals surface area (Å²) in [5, 5.41) is 0. The zero-order valence-corrected chi connectivity index (χ0v) is 12.3. The van der Waals surface area contributed by atoms with Crippen molar-refractivity contribution in [3.63, 3.8) is 0 Å². The molecule has 1 aromatic rings. The van der Waals surface area contributed by atoms with Gasteiger partial charge in [-0.3, -0.25) is 4.79 Å². The predicted molar refractivity (Wildman–Crippen MR) is 79.5 cm³/mol. The molecule has 0 fully saturated rings. The van der Waals surface area contributed by atoms with Crippen LogP contribution in [0, 0.1) is 5.92 Å². The summed E-state index contributed by atoms with van der Waals surface area (Å²) >= 11 is 5.72. The van der Waals surface area contributed by atoms with Crippen molar-refractivity contribution in [3.8, 4) is 0 Å². The number of carbonyl (C=O) groups excluding carboxylic acids is 1. The fraction of sp³-hybridized carbons (Fsp3) is 0.562. The maximum absolute atomic E-state index is 12.5. The van der Waals surface area contributed by atoms with E-state index in [1.54, 1.807) is 0 Å². The Labute approximate surface area is 120 Å². The number of carbonyl (C=O) groups is 1. The highest BCUT2D eigenvalue weighted by Crippen LogP contribution is 2.26. The van der Waals surface area contributed by atoms with E-state index < -0.39 is 0 Å². The first-order valence-corrected chi connectivity index (χ1v) is 7.71. The molecule has 1 aromatic carbocycles. The Morgan fingerprint density at radius 2 is 2.11 bits per heavy atom. The second-order valence-corrected chi connectivity index (χ2v) is 5.55. The van der Waals surface area contributed by atoms with Gasteiger partial charge in [-0.1, -0.05) is 24.3 Å².